The van der Waals surface area contributed by atoms with Crippen LogP contribution in [0, 0.1) is 6.92 Å². The van der Waals surface area contributed by atoms with Gasteiger partial charge in [-0.15, -0.1) is 11.8 Å². The maximum Gasteiger partial charge on any atom is 0.292 e. The largest absolute Gasteiger partial charge is 0.371 e. The number of hydrogen-bond acceptors (Lipinski definition) is 6. The van der Waals surface area contributed by atoms with E-state index in [1.165, 1.54) is 0 Å². The summed E-state index contributed by atoms with van der Waals surface area (Å²) in [5.41, 5.74) is 1.68. The fraction of sp³-hybridized carbons (Fsp3) is 0.471. The van der Waals surface area contributed by atoms with Crippen molar-refractivity contribution in [3.05, 3.63) is 47.6 Å². The zero-order chi connectivity index (χ0) is 16.6. The summed E-state index contributed by atoms with van der Waals surface area (Å²) in [5, 5.41) is 3.78. The molecule has 2 aliphatic heterocycles. The van der Waals surface area contributed by atoms with Crippen molar-refractivity contribution in [3.8, 4) is 0 Å². The lowest BCUT2D eigenvalue weighted by Crippen LogP contribution is -2.60. The van der Waals surface area contributed by atoms with Gasteiger partial charge in [0, 0.05) is 31.1 Å². The summed E-state index contributed by atoms with van der Waals surface area (Å²) in [4.78, 5) is 18.4. The molecule has 2 aromatic rings. The highest BCUT2D eigenvalue weighted by Gasteiger charge is 2.51. The Balaban J connectivity index is 1.28. The number of rotatable bonds is 4. The Bertz CT molecular complexity index is 728. The van der Waals surface area contributed by atoms with Crippen LogP contribution in [0.25, 0.3) is 0 Å². The first-order chi connectivity index (χ1) is 11.6. The van der Waals surface area contributed by atoms with Crippen LogP contribution in [0.3, 0.4) is 0 Å². The summed E-state index contributed by atoms with van der Waals surface area (Å²) in [6.45, 7) is 3.86. The van der Waals surface area contributed by atoms with Gasteiger partial charge in [-0.1, -0.05) is 11.2 Å². The Hall–Kier alpha value is -1.86. The first-order valence-corrected chi connectivity index (χ1v) is 9.00. The summed E-state index contributed by atoms with van der Waals surface area (Å²) in [6, 6.07) is 7.53. The van der Waals surface area contributed by atoms with E-state index >= 15 is 0 Å². The van der Waals surface area contributed by atoms with Gasteiger partial charge >= 0.3 is 0 Å². The van der Waals surface area contributed by atoms with Crippen molar-refractivity contribution >= 4 is 17.7 Å². The molecule has 0 bridgehead atoms. The third-order valence-corrected chi connectivity index (χ3v) is 6.03. The summed E-state index contributed by atoms with van der Waals surface area (Å²) in [5.74, 6) is 1.23. The van der Waals surface area contributed by atoms with Gasteiger partial charge in [-0.3, -0.25) is 9.78 Å². The predicted octanol–water partition coefficient (Wildman–Crippen LogP) is 2.29. The molecular formula is C17H19N3O3S. The first kappa shape index (κ1) is 15.7. The molecule has 0 aromatic carbocycles. The van der Waals surface area contributed by atoms with E-state index in [2.05, 4.69) is 10.1 Å². The molecule has 0 aliphatic carbocycles. The molecule has 1 spiro atoms. The molecule has 6 nitrogen and oxygen atoms in total. The van der Waals surface area contributed by atoms with E-state index in [1.54, 1.807) is 12.3 Å². The van der Waals surface area contributed by atoms with Crippen LogP contribution in [0.2, 0.25) is 0 Å². The van der Waals surface area contributed by atoms with E-state index in [4.69, 9.17) is 9.26 Å². The topological polar surface area (TPSA) is 68.5 Å². The minimum atomic E-state index is -0.0697. The average molecular weight is 345 g/mol. The maximum absolute atomic E-state index is 12.3. The molecule has 24 heavy (non-hydrogen) atoms. The smallest absolute Gasteiger partial charge is 0.292 e. The SMILES string of the molecule is Cc1cc(C(=O)N2CC3(C[C@H](OCc4ccccn4)CS3)C2)on1. The number of pyridine rings is 1. The molecule has 7 heteroatoms. The van der Waals surface area contributed by atoms with E-state index < -0.39 is 0 Å². The second-order valence-corrected chi connectivity index (χ2v) is 7.93. The number of ether oxygens (including phenoxy) is 1. The second kappa shape index (κ2) is 6.22. The van der Waals surface area contributed by atoms with Crippen LogP contribution >= 0.6 is 11.8 Å². The van der Waals surface area contributed by atoms with E-state index in [9.17, 15) is 4.79 Å². The Morgan fingerprint density at radius 1 is 1.50 bits per heavy atom. The molecule has 4 rings (SSSR count). The molecule has 1 amide bonds. The lowest BCUT2D eigenvalue weighted by molar-refractivity contribution is 0.0230. The Kier molecular flexibility index (Phi) is 4.05. The molecule has 4 heterocycles. The number of likely N-dealkylation sites (tertiary alicyclic amines) is 1. The van der Waals surface area contributed by atoms with Gasteiger partial charge in [0.05, 0.1) is 28.8 Å². The van der Waals surface area contributed by atoms with E-state index in [0.717, 1.165) is 36.7 Å². The van der Waals surface area contributed by atoms with Crippen molar-refractivity contribution in [1.29, 1.82) is 0 Å². The van der Waals surface area contributed by atoms with Gasteiger partial charge < -0.3 is 14.2 Å². The van der Waals surface area contributed by atoms with Gasteiger partial charge in [0.15, 0.2) is 0 Å². The molecule has 2 aliphatic rings. The first-order valence-electron chi connectivity index (χ1n) is 8.02. The third kappa shape index (κ3) is 3.06. The van der Waals surface area contributed by atoms with Crippen molar-refractivity contribution in [1.82, 2.24) is 15.0 Å². The quantitative estimate of drug-likeness (QED) is 0.847. The summed E-state index contributed by atoms with van der Waals surface area (Å²) < 4.78 is 11.2. The number of thioether (sulfide) groups is 1. The predicted molar refractivity (Wildman–Crippen MR) is 89.8 cm³/mol. The number of nitrogens with zero attached hydrogens (tertiary/aromatic N) is 3. The number of hydrogen-bond donors (Lipinski definition) is 0. The number of aryl methyl sites for hydroxylation is 1. The van der Waals surface area contributed by atoms with E-state index in [0.29, 0.717) is 12.4 Å². The van der Waals surface area contributed by atoms with E-state index in [-0.39, 0.29) is 16.8 Å². The van der Waals surface area contributed by atoms with Crippen LogP contribution in [-0.4, -0.2) is 50.6 Å². The summed E-state index contributed by atoms with van der Waals surface area (Å²) >= 11 is 1.91. The van der Waals surface area contributed by atoms with Gasteiger partial charge in [-0.25, -0.2) is 0 Å². The minimum absolute atomic E-state index is 0.0697. The van der Waals surface area contributed by atoms with Crippen LogP contribution in [0.1, 0.15) is 28.4 Å². The van der Waals surface area contributed by atoms with Crippen LogP contribution in [-0.2, 0) is 11.3 Å². The van der Waals surface area contributed by atoms with Crippen molar-refractivity contribution in [2.24, 2.45) is 0 Å². The monoisotopic (exact) mass is 345 g/mol. The van der Waals surface area contributed by atoms with Crippen molar-refractivity contribution in [3.63, 3.8) is 0 Å². The minimum Gasteiger partial charge on any atom is -0.371 e. The Morgan fingerprint density at radius 2 is 2.38 bits per heavy atom. The highest BCUT2D eigenvalue weighted by Crippen LogP contribution is 2.46. The molecule has 1 atom stereocenters. The number of carbonyl (C=O) groups is 1. The summed E-state index contributed by atoms with van der Waals surface area (Å²) in [6.07, 6.45) is 2.98. The van der Waals surface area contributed by atoms with Crippen LogP contribution in [0.15, 0.2) is 35.0 Å². The molecule has 0 N–H and O–H groups in total. The third-order valence-electron chi connectivity index (χ3n) is 4.45. The molecule has 0 saturated carbocycles. The molecular weight excluding hydrogens is 326 g/mol. The highest BCUT2D eigenvalue weighted by molar-refractivity contribution is 8.01. The fourth-order valence-corrected chi connectivity index (χ4v) is 4.78. The molecule has 126 valence electrons. The fourth-order valence-electron chi connectivity index (χ4n) is 3.23. The van der Waals surface area contributed by atoms with Gasteiger partial charge in [0.2, 0.25) is 5.76 Å². The van der Waals surface area contributed by atoms with Gasteiger partial charge in [0.1, 0.15) is 0 Å². The lowest BCUT2D eigenvalue weighted by Gasteiger charge is -2.46. The molecule has 0 unspecified atom stereocenters. The standard InChI is InChI=1S/C17H19N3O3S/c1-12-6-15(23-19-12)16(21)20-10-17(11-20)7-14(9-24-17)22-8-13-4-2-3-5-18-13/h2-6,14H,7-11H2,1H3/t14-/m0/s1. The maximum atomic E-state index is 12.3. The summed E-state index contributed by atoms with van der Waals surface area (Å²) in [7, 11) is 0. The van der Waals surface area contributed by atoms with Gasteiger partial charge in [-0.05, 0) is 25.5 Å². The van der Waals surface area contributed by atoms with Crippen LogP contribution in [0.5, 0.6) is 0 Å². The number of amides is 1. The molecule has 0 radical (unpaired) electrons. The van der Waals surface area contributed by atoms with Gasteiger partial charge in [0.25, 0.3) is 5.91 Å². The van der Waals surface area contributed by atoms with Gasteiger partial charge in [-0.2, -0.15) is 0 Å². The van der Waals surface area contributed by atoms with Crippen LogP contribution < -0.4 is 0 Å². The lowest BCUT2D eigenvalue weighted by atomic mass is 9.92. The van der Waals surface area contributed by atoms with Crippen LogP contribution in [0.4, 0.5) is 0 Å². The number of aromatic nitrogens is 2. The molecule has 2 aromatic heterocycles. The Morgan fingerprint density at radius 3 is 3.08 bits per heavy atom. The Labute approximate surface area is 144 Å². The van der Waals surface area contributed by atoms with Crippen molar-refractivity contribution in [2.45, 2.75) is 30.8 Å². The highest BCUT2D eigenvalue weighted by atomic mass is 32.2. The second-order valence-electron chi connectivity index (χ2n) is 6.45. The zero-order valence-electron chi connectivity index (χ0n) is 13.5. The average Bonchev–Trinajstić information content (AvgIpc) is 3.18. The normalized spacial score (nSPS) is 21.9. The number of carbonyl (C=O) groups excluding carboxylic acids is 1. The molecule has 2 fully saturated rings. The van der Waals surface area contributed by atoms with Crippen molar-refractivity contribution in [2.75, 3.05) is 18.8 Å². The van der Waals surface area contributed by atoms with E-state index in [1.807, 2.05) is 41.8 Å². The molecule has 2 saturated heterocycles. The zero-order valence-corrected chi connectivity index (χ0v) is 14.3. The van der Waals surface area contributed by atoms with Crippen molar-refractivity contribution < 1.29 is 14.1 Å².